The van der Waals surface area contributed by atoms with Crippen molar-refractivity contribution in [1.29, 1.82) is 0 Å². The zero-order valence-corrected chi connectivity index (χ0v) is 9.86. The van der Waals surface area contributed by atoms with Crippen LogP contribution in [0.3, 0.4) is 0 Å². The summed E-state index contributed by atoms with van der Waals surface area (Å²) in [7, 11) is 4.23. The normalized spacial score (nSPS) is 24.6. The SMILES string of the molecule is CC=CC(=O)NCC1CN(C)CCN1C. The summed E-state index contributed by atoms with van der Waals surface area (Å²) in [6.07, 6.45) is 3.32. The van der Waals surface area contributed by atoms with Gasteiger partial charge in [0.05, 0.1) is 0 Å². The maximum atomic E-state index is 11.2. The van der Waals surface area contributed by atoms with E-state index in [-0.39, 0.29) is 5.91 Å². The van der Waals surface area contributed by atoms with Gasteiger partial charge in [0.15, 0.2) is 0 Å². The van der Waals surface area contributed by atoms with Crippen LogP contribution in [0.5, 0.6) is 0 Å². The molecule has 0 spiro atoms. The van der Waals surface area contributed by atoms with E-state index in [4.69, 9.17) is 0 Å². The van der Waals surface area contributed by atoms with Gasteiger partial charge in [-0.05, 0) is 27.1 Å². The lowest BCUT2D eigenvalue weighted by Crippen LogP contribution is -2.54. The van der Waals surface area contributed by atoms with Crippen molar-refractivity contribution in [3.05, 3.63) is 12.2 Å². The zero-order chi connectivity index (χ0) is 11.3. The standard InChI is InChI=1S/C11H21N3O/c1-4-5-11(15)12-8-10-9-13(2)6-7-14(10)3/h4-5,10H,6-9H2,1-3H3,(H,12,15). The number of rotatable bonds is 3. The van der Waals surface area contributed by atoms with Crippen molar-refractivity contribution in [3.8, 4) is 0 Å². The highest BCUT2D eigenvalue weighted by Crippen LogP contribution is 2.04. The van der Waals surface area contributed by atoms with Gasteiger partial charge in [-0.1, -0.05) is 6.08 Å². The summed E-state index contributed by atoms with van der Waals surface area (Å²) in [5, 5.41) is 2.91. The van der Waals surface area contributed by atoms with Crippen LogP contribution in [0.15, 0.2) is 12.2 Å². The fourth-order valence-corrected chi connectivity index (χ4v) is 1.75. The lowest BCUT2D eigenvalue weighted by molar-refractivity contribution is -0.116. The molecule has 0 saturated carbocycles. The van der Waals surface area contributed by atoms with E-state index in [1.54, 1.807) is 12.2 Å². The molecule has 1 amide bonds. The Morgan fingerprint density at radius 3 is 2.87 bits per heavy atom. The predicted octanol–water partition coefficient (Wildman–Crippen LogP) is -0.0755. The third-order valence-electron chi connectivity index (χ3n) is 2.81. The van der Waals surface area contributed by atoms with Crippen LogP contribution in [-0.2, 0) is 4.79 Å². The maximum absolute atomic E-state index is 11.2. The van der Waals surface area contributed by atoms with Crippen LogP contribution < -0.4 is 5.32 Å². The van der Waals surface area contributed by atoms with Crippen LogP contribution in [0.4, 0.5) is 0 Å². The molecule has 0 bridgehead atoms. The van der Waals surface area contributed by atoms with Crippen molar-refractivity contribution < 1.29 is 4.79 Å². The molecule has 0 aliphatic carbocycles. The van der Waals surface area contributed by atoms with Gasteiger partial charge in [-0.25, -0.2) is 0 Å². The molecule has 0 aromatic heterocycles. The molecule has 15 heavy (non-hydrogen) atoms. The molecule has 1 fully saturated rings. The third kappa shape index (κ3) is 4.01. The Hall–Kier alpha value is -0.870. The molecule has 1 N–H and O–H groups in total. The zero-order valence-electron chi connectivity index (χ0n) is 9.86. The number of hydrogen-bond donors (Lipinski definition) is 1. The van der Waals surface area contributed by atoms with Crippen LogP contribution in [0.2, 0.25) is 0 Å². The Kier molecular flexibility index (Phi) is 4.78. The summed E-state index contributed by atoms with van der Waals surface area (Å²) in [4.78, 5) is 15.8. The van der Waals surface area contributed by atoms with Crippen molar-refractivity contribution >= 4 is 5.91 Å². The smallest absolute Gasteiger partial charge is 0.243 e. The first-order chi connectivity index (χ1) is 7.13. The Bertz CT molecular complexity index is 240. The van der Waals surface area contributed by atoms with Gasteiger partial charge in [-0.15, -0.1) is 0 Å². The van der Waals surface area contributed by atoms with E-state index in [0.717, 1.165) is 26.2 Å². The monoisotopic (exact) mass is 211 g/mol. The first-order valence-electron chi connectivity index (χ1n) is 5.42. The molecule has 1 unspecified atom stereocenters. The molecule has 0 aromatic rings. The van der Waals surface area contributed by atoms with E-state index in [1.165, 1.54) is 0 Å². The van der Waals surface area contributed by atoms with Gasteiger partial charge in [0, 0.05) is 32.2 Å². The number of likely N-dealkylation sites (N-methyl/N-ethyl adjacent to an activating group) is 2. The van der Waals surface area contributed by atoms with E-state index < -0.39 is 0 Å². The average Bonchev–Trinajstić information content (AvgIpc) is 2.20. The van der Waals surface area contributed by atoms with Gasteiger partial charge < -0.3 is 10.2 Å². The van der Waals surface area contributed by atoms with E-state index in [2.05, 4.69) is 29.2 Å². The van der Waals surface area contributed by atoms with Gasteiger partial charge >= 0.3 is 0 Å². The first-order valence-corrected chi connectivity index (χ1v) is 5.42. The minimum absolute atomic E-state index is 0.000809. The fraction of sp³-hybridized carbons (Fsp3) is 0.727. The van der Waals surface area contributed by atoms with E-state index in [9.17, 15) is 4.79 Å². The van der Waals surface area contributed by atoms with Crippen LogP contribution in [0.25, 0.3) is 0 Å². The molecule has 1 rings (SSSR count). The number of carbonyl (C=O) groups excluding carboxylic acids is 1. The highest BCUT2D eigenvalue weighted by atomic mass is 16.1. The van der Waals surface area contributed by atoms with Crippen molar-refractivity contribution in [2.45, 2.75) is 13.0 Å². The third-order valence-corrected chi connectivity index (χ3v) is 2.81. The van der Waals surface area contributed by atoms with E-state index in [1.807, 2.05) is 6.92 Å². The van der Waals surface area contributed by atoms with Gasteiger partial charge in [0.1, 0.15) is 0 Å². The number of amides is 1. The molecule has 86 valence electrons. The molecule has 1 atom stereocenters. The Labute approximate surface area is 91.9 Å². The number of nitrogens with zero attached hydrogens (tertiary/aromatic N) is 2. The minimum Gasteiger partial charge on any atom is -0.351 e. The molecule has 1 heterocycles. The average molecular weight is 211 g/mol. The van der Waals surface area contributed by atoms with Gasteiger partial charge in [-0.3, -0.25) is 9.69 Å². The summed E-state index contributed by atoms with van der Waals surface area (Å²) in [6, 6.07) is 0.429. The Morgan fingerprint density at radius 2 is 2.20 bits per heavy atom. The number of carbonyl (C=O) groups is 1. The molecule has 1 aliphatic rings. The molecule has 0 aromatic carbocycles. The topological polar surface area (TPSA) is 35.6 Å². The van der Waals surface area contributed by atoms with E-state index in [0.29, 0.717) is 6.04 Å². The van der Waals surface area contributed by atoms with Crippen LogP contribution in [0.1, 0.15) is 6.92 Å². The number of nitrogens with one attached hydrogen (secondary N) is 1. The molecule has 4 nitrogen and oxygen atoms in total. The molecular formula is C11H21N3O. The lowest BCUT2D eigenvalue weighted by atomic mass is 10.2. The lowest BCUT2D eigenvalue weighted by Gasteiger charge is -2.37. The van der Waals surface area contributed by atoms with Gasteiger partial charge in [-0.2, -0.15) is 0 Å². The van der Waals surface area contributed by atoms with Crippen molar-refractivity contribution in [3.63, 3.8) is 0 Å². The second-order valence-corrected chi connectivity index (χ2v) is 4.14. The fourth-order valence-electron chi connectivity index (χ4n) is 1.75. The summed E-state index contributed by atoms with van der Waals surface area (Å²) in [6.45, 7) is 5.77. The molecule has 0 radical (unpaired) electrons. The largest absolute Gasteiger partial charge is 0.351 e. The van der Waals surface area contributed by atoms with Crippen molar-refractivity contribution in [2.75, 3.05) is 40.3 Å². The maximum Gasteiger partial charge on any atom is 0.243 e. The van der Waals surface area contributed by atoms with Gasteiger partial charge in [0.25, 0.3) is 0 Å². The number of piperazine rings is 1. The molecular weight excluding hydrogens is 190 g/mol. The molecule has 4 heteroatoms. The summed E-state index contributed by atoms with van der Waals surface area (Å²) < 4.78 is 0. The number of hydrogen-bond acceptors (Lipinski definition) is 3. The predicted molar refractivity (Wildman–Crippen MR) is 61.7 cm³/mol. The quantitative estimate of drug-likeness (QED) is 0.664. The Morgan fingerprint density at radius 1 is 1.47 bits per heavy atom. The Balaban J connectivity index is 2.33. The summed E-state index contributed by atoms with van der Waals surface area (Å²) in [5.74, 6) is -0.000809. The van der Waals surface area contributed by atoms with Crippen LogP contribution >= 0.6 is 0 Å². The first kappa shape index (κ1) is 12.2. The van der Waals surface area contributed by atoms with E-state index >= 15 is 0 Å². The second kappa shape index (κ2) is 5.88. The van der Waals surface area contributed by atoms with Crippen LogP contribution in [-0.4, -0.2) is 62.0 Å². The van der Waals surface area contributed by atoms with Crippen molar-refractivity contribution in [2.24, 2.45) is 0 Å². The minimum atomic E-state index is -0.000809. The summed E-state index contributed by atoms with van der Waals surface area (Å²) in [5.41, 5.74) is 0. The molecule has 1 saturated heterocycles. The number of allylic oxidation sites excluding steroid dienone is 1. The highest BCUT2D eigenvalue weighted by molar-refractivity contribution is 5.87. The van der Waals surface area contributed by atoms with Crippen molar-refractivity contribution in [1.82, 2.24) is 15.1 Å². The summed E-state index contributed by atoms with van der Waals surface area (Å²) >= 11 is 0. The molecule has 1 aliphatic heterocycles. The highest BCUT2D eigenvalue weighted by Gasteiger charge is 2.21. The van der Waals surface area contributed by atoms with Crippen LogP contribution in [0, 0.1) is 0 Å². The van der Waals surface area contributed by atoms with Gasteiger partial charge in [0.2, 0.25) is 5.91 Å². The second-order valence-electron chi connectivity index (χ2n) is 4.14.